The predicted molar refractivity (Wildman–Crippen MR) is 41.4 cm³/mol. The maximum Gasteiger partial charge on any atom is 0.0322 e. The summed E-state index contributed by atoms with van der Waals surface area (Å²) in [6.45, 7) is 5.91. The molecule has 0 heterocycles. The van der Waals surface area contributed by atoms with Crippen LogP contribution in [0.3, 0.4) is 0 Å². The highest BCUT2D eigenvalue weighted by Gasteiger charge is 1.81. The van der Waals surface area contributed by atoms with Crippen LogP contribution in [0.2, 0.25) is 0 Å². The van der Waals surface area contributed by atoms with Crippen LogP contribution in [0.1, 0.15) is 20.8 Å². The molecule has 0 atom stereocenters. The van der Waals surface area contributed by atoms with Crippen molar-refractivity contribution in [2.45, 2.75) is 20.8 Å². The van der Waals surface area contributed by atoms with E-state index in [9.17, 15) is 0 Å². The summed E-state index contributed by atoms with van der Waals surface area (Å²) in [6, 6.07) is 0. The van der Waals surface area contributed by atoms with Crippen LogP contribution in [0, 0.1) is 0 Å². The molecule has 0 spiro atoms. The largest absolute Gasteiger partial charge is 0.276 e. The molecule has 0 amide bonds. The molecular formula is C7H14N2. The van der Waals surface area contributed by atoms with Crippen LogP contribution in [0.5, 0.6) is 0 Å². The maximum absolute atomic E-state index is 4.13. The zero-order valence-corrected chi connectivity index (χ0v) is 6.55. The van der Waals surface area contributed by atoms with E-state index in [1.54, 1.807) is 5.01 Å². The molecule has 0 saturated carbocycles. The number of hydrogen-bond donors (Lipinski definition) is 0. The first-order valence-corrected chi connectivity index (χ1v) is 3.04. The van der Waals surface area contributed by atoms with Gasteiger partial charge in [-0.1, -0.05) is 6.08 Å². The van der Waals surface area contributed by atoms with Crippen LogP contribution in [-0.2, 0) is 0 Å². The van der Waals surface area contributed by atoms with E-state index in [-0.39, 0.29) is 0 Å². The Balaban J connectivity index is 3.76. The lowest BCUT2D eigenvalue weighted by molar-refractivity contribution is 0.489. The maximum atomic E-state index is 4.13. The van der Waals surface area contributed by atoms with Gasteiger partial charge in [0.05, 0.1) is 0 Å². The number of nitrogens with zero attached hydrogens (tertiary/aromatic N) is 2. The molecule has 0 N–H and O–H groups in total. The molecule has 0 aromatic rings. The third kappa shape index (κ3) is 5.07. The molecule has 0 aromatic heterocycles. The monoisotopic (exact) mass is 126 g/mol. The first-order valence-electron chi connectivity index (χ1n) is 3.04. The van der Waals surface area contributed by atoms with E-state index in [2.05, 4.69) is 5.10 Å². The van der Waals surface area contributed by atoms with Gasteiger partial charge in [-0.3, -0.25) is 5.01 Å². The van der Waals surface area contributed by atoms with E-state index < -0.39 is 0 Å². The van der Waals surface area contributed by atoms with Gasteiger partial charge in [-0.05, 0) is 20.8 Å². The third-order valence-corrected chi connectivity index (χ3v) is 0.723. The summed E-state index contributed by atoms with van der Waals surface area (Å²) < 4.78 is 0. The van der Waals surface area contributed by atoms with E-state index in [1.165, 1.54) is 0 Å². The molecule has 0 unspecified atom stereocenters. The lowest BCUT2D eigenvalue weighted by atomic mass is 10.5. The molecule has 2 heteroatoms. The van der Waals surface area contributed by atoms with Gasteiger partial charge in [0.2, 0.25) is 0 Å². The van der Waals surface area contributed by atoms with Crippen LogP contribution in [0.25, 0.3) is 0 Å². The summed E-state index contributed by atoms with van der Waals surface area (Å²) in [5, 5.41) is 5.92. The number of hydrogen-bond acceptors (Lipinski definition) is 2. The molecule has 2 nitrogen and oxygen atoms in total. The molecule has 0 aliphatic carbocycles. The van der Waals surface area contributed by atoms with Crippen molar-refractivity contribution >= 4 is 5.71 Å². The fourth-order valence-electron chi connectivity index (χ4n) is 0.565. The summed E-state index contributed by atoms with van der Waals surface area (Å²) >= 11 is 0. The van der Waals surface area contributed by atoms with Crippen LogP contribution in [0.15, 0.2) is 17.4 Å². The van der Waals surface area contributed by atoms with Crippen molar-refractivity contribution in [3.8, 4) is 0 Å². The Hall–Kier alpha value is -0.790. The number of allylic oxidation sites excluding steroid dienone is 1. The van der Waals surface area contributed by atoms with E-state index in [1.807, 2.05) is 40.1 Å². The average Bonchev–Trinajstić information content (AvgIpc) is 1.63. The first-order chi connectivity index (χ1) is 4.16. The van der Waals surface area contributed by atoms with Crippen LogP contribution >= 0.6 is 0 Å². The van der Waals surface area contributed by atoms with Gasteiger partial charge in [0.1, 0.15) is 0 Å². The topological polar surface area (TPSA) is 15.6 Å². The quantitative estimate of drug-likeness (QED) is 0.407. The average molecular weight is 126 g/mol. The summed E-state index contributed by atoms with van der Waals surface area (Å²) in [4.78, 5) is 0. The highest BCUT2D eigenvalue weighted by Crippen LogP contribution is 1.85. The van der Waals surface area contributed by atoms with Gasteiger partial charge in [0.15, 0.2) is 0 Å². The highest BCUT2D eigenvalue weighted by molar-refractivity contribution is 5.78. The Morgan fingerprint density at radius 3 is 2.33 bits per heavy atom. The standard InChI is InChI=1S/C7H14N2/c1-5-6-9(4)8-7(2)3/h5-6H,1-4H3/b6-5-. The summed E-state index contributed by atoms with van der Waals surface area (Å²) in [5.74, 6) is 0. The van der Waals surface area contributed by atoms with Gasteiger partial charge in [-0.25, -0.2) is 0 Å². The molecule has 0 bridgehead atoms. The molecule has 0 fully saturated rings. The molecule has 0 aliphatic heterocycles. The zero-order valence-electron chi connectivity index (χ0n) is 6.55. The van der Waals surface area contributed by atoms with Gasteiger partial charge in [-0.2, -0.15) is 5.10 Å². The highest BCUT2D eigenvalue weighted by atomic mass is 15.4. The SMILES string of the molecule is C/C=C\N(C)N=C(C)C. The van der Waals surface area contributed by atoms with Crippen molar-refractivity contribution in [2.75, 3.05) is 7.05 Å². The van der Waals surface area contributed by atoms with Crippen LogP contribution in [-0.4, -0.2) is 17.8 Å². The molecule has 0 aromatic carbocycles. The normalized spacial score (nSPS) is 9.78. The van der Waals surface area contributed by atoms with E-state index >= 15 is 0 Å². The minimum absolute atomic E-state index is 1.07. The lowest BCUT2D eigenvalue weighted by Gasteiger charge is -2.05. The number of rotatable bonds is 2. The van der Waals surface area contributed by atoms with Crippen molar-refractivity contribution in [3.63, 3.8) is 0 Å². The molecule has 0 saturated heterocycles. The van der Waals surface area contributed by atoms with Crippen molar-refractivity contribution < 1.29 is 0 Å². The summed E-state index contributed by atoms with van der Waals surface area (Å²) in [6.07, 6.45) is 3.86. The fraction of sp³-hybridized carbons (Fsp3) is 0.571. The Morgan fingerprint density at radius 2 is 2.00 bits per heavy atom. The van der Waals surface area contributed by atoms with Crippen molar-refractivity contribution in [1.29, 1.82) is 0 Å². The Morgan fingerprint density at radius 1 is 1.44 bits per heavy atom. The summed E-state index contributed by atoms with van der Waals surface area (Å²) in [5.41, 5.74) is 1.07. The first kappa shape index (κ1) is 8.21. The Labute approximate surface area is 56.9 Å². The molecular weight excluding hydrogens is 112 g/mol. The molecule has 0 rings (SSSR count). The van der Waals surface area contributed by atoms with E-state index in [0.29, 0.717) is 0 Å². The molecule has 0 aliphatic rings. The van der Waals surface area contributed by atoms with Gasteiger partial charge in [-0.15, -0.1) is 0 Å². The number of hydrazone groups is 1. The zero-order chi connectivity index (χ0) is 7.28. The fourth-order valence-corrected chi connectivity index (χ4v) is 0.565. The van der Waals surface area contributed by atoms with E-state index in [4.69, 9.17) is 0 Å². The van der Waals surface area contributed by atoms with E-state index in [0.717, 1.165) is 5.71 Å². The second-order valence-electron chi connectivity index (χ2n) is 2.10. The minimum Gasteiger partial charge on any atom is -0.276 e. The van der Waals surface area contributed by atoms with Crippen LogP contribution in [0.4, 0.5) is 0 Å². The van der Waals surface area contributed by atoms with Gasteiger partial charge >= 0.3 is 0 Å². The minimum atomic E-state index is 1.07. The summed E-state index contributed by atoms with van der Waals surface area (Å²) in [7, 11) is 1.91. The Kier molecular flexibility index (Phi) is 3.76. The molecule has 9 heavy (non-hydrogen) atoms. The third-order valence-electron chi connectivity index (χ3n) is 0.723. The van der Waals surface area contributed by atoms with Crippen LogP contribution < -0.4 is 0 Å². The Bertz CT molecular complexity index is 121. The van der Waals surface area contributed by atoms with Gasteiger partial charge < -0.3 is 0 Å². The van der Waals surface area contributed by atoms with Crippen molar-refractivity contribution in [1.82, 2.24) is 5.01 Å². The molecule has 52 valence electrons. The predicted octanol–water partition coefficient (Wildman–Crippen LogP) is 1.85. The van der Waals surface area contributed by atoms with Crippen molar-refractivity contribution in [2.24, 2.45) is 5.10 Å². The second-order valence-corrected chi connectivity index (χ2v) is 2.10. The lowest BCUT2D eigenvalue weighted by Crippen LogP contribution is -2.02. The smallest absolute Gasteiger partial charge is 0.0322 e. The van der Waals surface area contributed by atoms with Gasteiger partial charge in [0, 0.05) is 19.0 Å². The molecule has 0 radical (unpaired) electrons. The van der Waals surface area contributed by atoms with Gasteiger partial charge in [0.25, 0.3) is 0 Å². The second kappa shape index (κ2) is 4.13. The van der Waals surface area contributed by atoms with Crippen molar-refractivity contribution in [3.05, 3.63) is 12.3 Å².